The smallest absolute Gasteiger partial charge is 0.214 e. The molecule has 1 fully saturated rings. The Bertz CT molecular complexity index is 498. The van der Waals surface area contributed by atoms with Crippen molar-refractivity contribution in [2.45, 2.75) is 38.1 Å². The van der Waals surface area contributed by atoms with Gasteiger partial charge in [0.1, 0.15) is 0 Å². The number of aromatic nitrogens is 1. The lowest BCUT2D eigenvalue weighted by Crippen LogP contribution is -2.43. The molecule has 0 amide bonds. The van der Waals surface area contributed by atoms with Crippen molar-refractivity contribution in [1.29, 1.82) is 0 Å². The van der Waals surface area contributed by atoms with Gasteiger partial charge in [-0.3, -0.25) is 4.98 Å². The van der Waals surface area contributed by atoms with E-state index < -0.39 is 10.0 Å². The number of aryl methyl sites for hydroxylation is 1. The van der Waals surface area contributed by atoms with E-state index in [9.17, 15) is 8.42 Å². The van der Waals surface area contributed by atoms with Crippen LogP contribution in [-0.4, -0.2) is 42.6 Å². The molecule has 0 aromatic carbocycles. The largest absolute Gasteiger partial charge is 0.329 e. The molecule has 0 atom stereocenters. The third-order valence-corrected chi connectivity index (χ3v) is 5.70. The number of pyridine rings is 1. The average Bonchev–Trinajstić information content (AvgIpc) is 2.97. The van der Waals surface area contributed by atoms with Gasteiger partial charge in [0.15, 0.2) is 0 Å². The lowest BCUT2D eigenvalue weighted by Gasteiger charge is -2.27. The predicted octanol–water partition coefficient (Wildman–Crippen LogP) is 1.16. The number of nitrogens with zero attached hydrogens (tertiary/aromatic N) is 2. The maximum Gasteiger partial charge on any atom is 0.214 e. The minimum absolute atomic E-state index is 0.112. The van der Waals surface area contributed by atoms with E-state index in [1.165, 1.54) is 0 Å². The number of hydrogen-bond donors (Lipinski definition) is 1. The van der Waals surface area contributed by atoms with Gasteiger partial charge in [0, 0.05) is 37.4 Å². The molecule has 2 rings (SSSR count). The predicted molar refractivity (Wildman–Crippen MR) is 79.7 cm³/mol. The van der Waals surface area contributed by atoms with Gasteiger partial charge in [-0.25, -0.2) is 8.42 Å². The summed E-state index contributed by atoms with van der Waals surface area (Å²) in [6.45, 7) is 0.800. The second kappa shape index (κ2) is 7.15. The number of rotatable bonds is 7. The van der Waals surface area contributed by atoms with Crippen molar-refractivity contribution < 1.29 is 8.42 Å². The molecule has 112 valence electrons. The monoisotopic (exact) mass is 297 g/mol. The summed E-state index contributed by atoms with van der Waals surface area (Å²) in [5.41, 5.74) is 6.40. The van der Waals surface area contributed by atoms with E-state index >= 15 is 0 Å². The van der Waals surface area contributed by atoms with Gasteiger partial charge in [-0.2, -0.15) is 4.31 Å². The quantitative estimate of drug-likeness (QED) is 0.819. The van der Waals surface area contributed by atoms with Crippen LogP contribution >= 0.6 is 0 Å². The summed E-state index contributed by atoms with van der Waals surface area (Å²) >= 11 is 0. The van der Waals surface area contributed by atoms with Gasteiger partial charge < -0.3 is 5.73 Å². The Morgan fingerprint density at radius 1 is 1.30 bits per heavy atom. The lowest BCUT2D eigenvalue weighted by atomic mass is 10.2. The molecule has 0 bridgehead atoms. The Morgan fingerprint density at radius 3 is 2.65 bits per heavy atom. The first-order chi connectivity index (χ1) is 9.63. The molecule has 0 radical (unpaired) electrons. The van der Waals surface area contributed by atoms with Gasteiger partial charge in [0.05, 0.1) is 5.75 Å². The van der Waals surface area contributed by atoms with Crippen LogP contribution in [0, 0.1) is 0 Å². The summed E-state index contributed by atoms with van der Waals surface area (Å²) in [5, 5.41) is 0. The van der Waals surface area contributed by atoms with Crippen molar-refractivity contribution in [1.82, 2.24) is 9.29 Å². The van der Waals surface area contributed by atoms with Crippen LogP contribution in [0.3, 0.4) is 0 Å². The maximum atomic E-state index is 12.5. The second-order valence-electron chi connectivity index (χ2n) is 5.22. The van der Waals surface area contributed by atoms with Crippen LogP contribution in [0.5, 0.6) is 0 Å². The normalized spacial score (nSPS) is 16.9. The van der Waals surface area contributed by atoms with E-state index in [1.807, 2.05) is 18.2 Å². The molecule has 1 aromatic rings. The van der Waals surface area contributed by atoms with Crippen LogP contribution in [0.4, 0.5) is 0 Å². The third-order valence-electron chi connectivity index (χ3n) is 3.78. The molecular formula is C14H23N3O2S. The summed E-state index contributed by atoms with van der Waals surface area (Å²) in [6.07, 6.45) is 6.29. The number of nitrogens with two attached hydrogens (primary N) is 1. The first-order valence-electron chi connectivity index (χ1n) is 7.23. The van der Waals surface area contributed by atoms with Gasteiger partial charge in [0.2, 0.25) is 10.0 Å². The summed E-state index contributed by atoms with van der Waals surface area (Å²) in [6, 6.07) is 5.71. The number of sulfonamides is 1. The van der Waals surface area contributed by atoms with Gasteiger partial charge in [-0.1, -0.05) is 18.9 Å². The van der Waals surface area contributed by atoms with Gasteiger partial charge >= 0.3 is 0 Å². The third kappa shape index (κ3) is 4.01. The summed E-state index contributed by atoms with van der Waals surface area (Å²) in [5.74, 6) is 0.112. The SMILES string of the molecule is NCCN(C1CCCC1)S(=O)(=O)CCc1ccccn1. The zero-order chi connectivity index (χ0) is 14.4. The standard InChI is InChI=1S/C14H23N3O2S/c15-9-11-17(14-6-1-2-7-14)20(18,19)12-8-13-5-3-4-10-16-13/h3-5,10,14H,1-2,6-9,11-12,15H2. The zero-order valence-corrected chi connectivity index (χ0v) is 12.6. The average molecular weight is 297 g/mol. The highest BCUT2D eigenvalue weighted by Crippen LogP contribution is 2.25. The first kappa shape index (κ1) is 15.4. The van der Waals surface area contributed by atoms with Crippen molar-refractivity contribution in [2.24, 2.45) is 5.73 Å². The fourth-order valence-corrected chi connectivity index (χ4v) is 4.52. The van der Waals surface area contributed by atoms with Crippen molar-refractivity contribution in [3.8, 4) is 0 Å². The molecule has 0 unspecified atom stereocenters. The van der Waals surface area contributed by atoms with Gasteiger partial charge in [-0.15, -0.1) is 0 Å². The molecule has 0 saturated heterocycles. The Hall–Kier alpha value is -0.980. The van der Waals surface area contributed by atoms with E-state index in [0.717, 1.165) is 31.4 Å². The maximum absolute atomic E-state index is 12.5. The summed E-state index contributed by atoms with van der Waals surface area (Å²) in [7, 11) is -3.25. The van der Waals surface area contributed by atoms with Crippen LogP contribution in [-0.2, 0) is 16.4 Å². The molecule has 1 aliphatic carbocycles. The lowest BCUT2D eigenvalue weighted by molar-refractivity contribution is 0.328. The van der Waals surface area contributed by atoms with E-state index in [4.69, 9.17) is 5.73 Å². The van der Waals surface area contributed by atoms with Crippen LogP contribution in [0.1, 0.15) is 31.4 Å². The van der Waals surface area contributed by atoms with E-state index in [-0.39, 0.29) is 11.8 Å². The fraction of sp³-hybridized carbons (Fsp3) is 0.643. The highest BCUT2D eigenvalue weighted by atomic mass is 32.2. The van der Waals surface area contributed by atoms with Gasteiger partial charge in [0.25, 0.3) is 0 Å². The summed E-state index contributed by atoms with van der Waals surface area (Å²) in [4.78, 5) is 4.18. The highest BCUT2D eigenvalue weighted by molar-refractivity contribution is 7.89. The van der Waals surface area contributed by atoms with Crippen LogP contribution in [0.25, 0.3) is 0 Å². The molecule has 20 heavy (non-hydrogen) atoms. The molecule has 1 saturated carbocycles. The van der Waals surface area contributed by atoms with Crippen LogP contribution in [0.2, 0.25) is 0 Å². The minimum Gasteiger partial charge on any atom is -0.329 e. The van der Waals surface area contributed by atoms with E-state index in [1.54, 1.807) is 10.5 Å². The van der Waals surface area contributed by atoms with E-state index in [2.05, 4.69) is 4.98 Å². The molecule has 0 aliphatic heterocycles. The fourth-order valence-electron chi connectivity index (χ4n) is 2.77. The molecule has 0 spiro atoms. The molecule has 5 nitrogen and oxygen atoms in total. The molecule has 1 aromatic heterocycles. The Kier molecular flexibility index (Phi) is 5.51. The Morgan fingerprint density at radius 2 is 2.05 bits per heavy atom. The first-order valence-corrected chi connectivity index (χ1v) is 8.84. The van der Waals surface area contributed by atoms with Crippen LogP contribution < -0.4 is 5.73 Å². The topological polar surface area (TPSA) is 76.3 Å². The molecule has 1 heterocycles. The van der Waals surface area contributed by atoms with Gasteiger partial charge in [-0.05, 0) is 25.0 Å². The highest BCUT2D eigenvalue weighted by Gasteiger charge is 2.31. The van der Waals surface area contributed by atoms with Crippen LogP contribution in [0.15, 0.2) is 24.4 Å². The molecular weight excluding hydrogens is 274 g/mol. The summed E-state index contributed by atoms with van der Waals surface area (Å²) < 4.78 is 26.7. The molecule has 2 N–H and O–H groups in total. The Labute approximate surface area is 121 Å². The number of hydrogen-bond acceptors (Lipinski definition) is 4. The second-order valence-corrected chi connectivity index (χ2v) is 7.27. The Balaban J connectivity index is 2.02. The van der Waals surface area contributed by atoms with Crippen molar-refractivity contribution in [3.63, 3.8) is 0 Å². The molecule has 1 aliphatic rings. The minimum atomic E-state index is -3.25. The van der Waals surface area contributed by atoms with Crippen molar-refractivity contribution in [3.05, 3.63) is 30.1 Å². The van der Waals surface area contributed by atoms with Crippen molar-refractivity contribution in [2.75, 3.05) is 18.8 Å². The zero-order valence-electron chi connectivity index (χ0n) is 11.7. The van der Waals surface area contributed by atoms with Crippen molar-refractivity contribution >= 4 is 10.0 Å². The van der Waals surface area contributed by atoms with E-state index in [0.29, 0.717) is 19.5 Å². The molecule has 6 heteroatoms.